The number of carbonyl (C=O) groups is 6. The van der Waals surface area contributed by atoms with Gasteiger partial charge in [0, 0.05) is 25.9 Å². The highest BCUT2D eigenvalue weighted by atomic mass is 16.3. The predicted octanol–water partition coefficient (Wildman–Crippen LogP) is -2.59. The number of amides is 5. The maximum atomic E-state index is 14.2. The maximum absolute atomic E-state index is 14.2. The summed E-state index contributed by atoms with van der Waals surface area (Å²) in [6.45, 7) is 1.08. The van der Waals surface area contributed by atoms with E-state index in [-0.39, 0.29) is 62.7 Å². The molecule has 0 spiro atoms. The van der Waals surface area contributed by atoms with Crippen molar-refractivity contribution in [3.8, 4) is 11.5 Å². The van der Waals surface area contributed by atoms with E-state index in [1.807, 2.05) is 0 Å². The van der Waals surface area contributed by atoms with Gasteiger partial charge in [-0.2, -0.15) is 0 Å². The summed E-state index contributed by atoms with van der Waals surface area (Å²) in [4.78, 5) is 84.1. The standard InChI is InChI=1S/C35H49N9O9/c1-20(18-45)40-31(50)27(16-21-6-10-23(47)11-7-21)43-33(52)29-5-3-15-44(29)34(53)26(4-2-14-39-35(37)38)41-32(51)28(42-30(49)25(36)19-46)17-22-8-12-24(48)13-9-22/h6-13,18,20,25-29,46-48H,2-5,14-17,19,36H2,1H3,(H,40,50)(H,41,51)(H,42,49)(H,43,52)(H4,37,38,39)/t20-,25-,26-,27-,28-,29-/m0/s1. The third-order valence-corrected chi connectivity index (χ3v) is 8.52. The van der Waals surface area contributed by atoms with Gasteiger partial charge >= 0.3 is 0 Å². The van der Waals surface area contributed by atoms with Crippen LogP contribution in [0, 0.1) is 0 Å². The summed E-state index contributed by atoms with van der Waals surface area (Å²) in [7, 11) is 0. The lowest BCUT2D eigenvalue weighted by Crippen LogP contribution is -2.59. The van der Waals surface area contributed by atoms with Crippen LogP contribution in [0.3, 0.4) is 0 Å². The van der Waals surface area contributed by atoms with Crippen LogP contribution in [0.1, 0.15) is 43.7 Å². The zero-order chi connectivity index (χ0) is 39.1. The van der Waals surface area contributed by atoms with Gasteiger partial charge in [-0.15, -0.1) is 0 Å². The Morgan fingerprint density at radius 3 is 1.91 bits per heavy atom. The van der Waals surface area contributed by atoms with E-state index >= 15 is 0 Å². The van der Waals surface area contributed by atoms with E-state index in [0.29, 0.717) is 23.8 Å². The summed E-state index contributed by atoms with van der Waals surface area (Å²) in [5.41, 5.74) is 17.8. The lowest BCUT2D eigenvalue weighted by molar-refractivity contribution is -0.142. The number of carbonyl (C=O) groups excluding carboxylic acids is 6. The first-order valence-corrected chi connectivity index (χ1v) is 17.2. The van der Waals surface area contributed by atoms with Crippen LogP contribution in [0.25, 0.3) is 0 Å². The second-order valence-electron chi connectivity index (χ2n) is 12.8. The monoisotopic (exact) mass is 739 g/mol. The number of nitrogens with two attached hydrogens (primary N) is 3. The largest absolute Gasteiger partial charge is 0.508 e. The molecular formula is C35H49N9O9. The van der Waals surface area contributed by atoms with E-state index < -0.39 is 72.4 Å². The highest BCUT2D eigenvalue weighted by molar-refractivity contribution is 5.96. The SMILES string of the molecule is C[C@@H](C=O)NC(=O)[C@H](Cc1ccc(O)cc1)NC(=O)[C@@H]1CCCN1C(=O)[C@H](CCCN=C(N)N)NC(=O)[C@H](Cc1ccc(O)cc1)NC(=O)[C@@H](N)CO. The molecule has 1 aliphatic rings. The van der Waals surface area contributed by atoms with E-state index in [4.69, 9.17) is 17.2 Å². The first kappa shape index (κ1) is 41.7. The van der Waals surface area contributed by atoms with E-state index in [9.17, 15) is 44.1 Å². The summed E-state index contributed by atoms with van der Waals surface area (Å²) < 4.78 is 0. The molecule has 6 atom stereocenters. The number of phenols is 2. The van der Waals surface area contributed by atoms with Crippen LogP contribution in [0.5, 0.6) is 11.5 Å². The minimum atomic E-state index is -1.33. The van der Waals surface area contributed by atoms with Gasteiger partial charge in [0.05, 0.1) is 12.6 Å². The highest BCUT2D eigenvalue weighted by Gasteiger charge is 2.39. The van der Waals surface area contributed by atoms with Crippen molar-refractivity contribution < 1.29 is 44.1 Å². The smallest absolute Gasteiger partial charge is 0.245 e. The number of benzene rings is 2. The lowest BCUT2D eigenvalue weighted by atomic mass is 10.0. The van der Waals surface area contributed by atoms with E-state index in [0.717, 1.165) is 0 Å². The molecule has 0 unspecified atom stereocenters. The number of aldehydes is 1. The Labute approximate surface area is 306 Å². The normalized spacial score (nSPS) is 16.6. The number of rotatable bonds is 19. The van der Waals surface area contributed by atoms with Gasteiger partial charge in [-0.3, -0.25) is 29.0 Å². The van der Waals surface area contributed by atoms with Gasteiger partial charge in [-0.05, 0) is 68.0 Å². The fraction of sp³-hybridized carbons (Fsp3) is 0.457. The van der Waals surface area contributed by atoms with E-state index in [2.05, 4.69) is 26.3 Å². The van der Waals surface area contributed by atoms with Crippen LogP contribution < -0.4 is 38.5 Å². The third-order valence-electron chi connectivity index (χ3n) is 8.52. The molecule has 3 rings (SSSR count). The average molecular weight is 740 g/mol. The molecule has 0 aromatic heterocycles. The molecular weight excluding hydrogens is 690 g/mol. The van der Waals surface area contributed by atoms with Gasteiger partial charge in [0.1, 0.15) is 48.0 Å². The first-order valence-electron chi connectivity index (χ1n) is 17.2. The average Bonchev–Trinajstić information content (AvgIpc) is 3.63. The fourth-order valence-electron chi connectivity index (χ4n) is 5.68. The first-order chi connectivity index (χ1) is 25.2. The van der Waals surface area contributed by atoms with Gasteiger partial charge in [0.15, 0.2) is 5.96 Å². The molecule has 0 saturated carbocycles. The molecule has 0 bridgehead atoms. The number of likely N-dealkylation sites (tertiary alicyclic amines) is 1. The molecule has 0 radical (unpaired) electrons. The van der Waals surface area contributed by atoms with Crippen LogP contribution in [0.2, 0.25) is 0 Å². The number of aliphatic imine (C=N–C) groups is 1. The molecule has 1 saturated heterocycles. The Bertz CT molecular complexity index is 1600. The molecule has 0 aliphatic carbocycles. The Kier molecular flexibility index (Phi) is 16.0. The summed E-state index contributed by atoms with van der Waals surface area (Å²) >= 11 is 0. The molecule has 2 aromatic rings. The van der Waals surface area contributed by atoms with Crippen LogP contribution >= 0.6 is 0 Å². The van der Waals surface area contributed by atoms with E-state index in [1.165, 1.54) is 36.1 Å². The van der Waals surface area contributed by atoms with Gasteiger partial charge in [0.25, 0.3) is 0 Å². The molecule has 2 aromatic carbocycles. The van der Waals surface area contributed by atoms with Crippen molar-refractivity contribution in [2.45, 2.75) is 81.7 Å². The Morgan fingerprint density at radius 2 is 1.38 bits per heavy atom. The number of aliphatic hydroxyl groups is 1. The summed E-state index contributed by atoms with van der Waals surface area (Å²) in [6, 6.07) is 5.15. The quantitative estimate of drug-likeness (QED) is 0.0307. The van der Waals surface area contributed by atoms with Crippen molar-refractivity contribution in [3.63, 3.8) is 0 Å². The molecule has 1 aliphatic heterocycles. The number of hydrogen-bond donors (Lipinski definition) is 10. The van der Waals surface area contributed by atoms with Gasteiger partial charge < -0.3 is 63.5 Å². The van der Waals surface area contributed by atoms with Crippen molar-refractivity contribution >= 4 is 41.8 Å². The number of nitrogens with zero attached hydrogens (tertiary/aromatic N) is 2. The molecule has 5 amide bonds. The van der Waals surface area contributed by atoms with Crippen LogP contribution in [0.4, 0.5) is 0 Å². The molecule has 18 heteroatoms. The molecule has 1 fully saturated rings. The second kappa shape index (κ2) is 20.3. The molecule has 53 heavy (non-hydrogen) atoms. The molecule has 1 heterocycles. The molecule has 18 nitrogen and oxygen atoms in total. The topological polar surface area (TPSA) is 305 Å². The van der Waals surface area contributed by atoms with Crippen molar-refractivity contribution in [1.82, 2.24) is 26.2 Å². The predicted molar refractivity (Wildman–Crippen MR) is 193 cm³/mol. The highest BCUT2D eigenvalue weighted by Crippen LogP contribution is 2.21. The molecule has 13 N–H and O–H groups in total. The van der Waals surface area contributed by atoms with Crippen LogP contribution in [-0.2, 0) is 41.6 Å². The van der Waals surface area contributed by atoms with Gasteiger partial charge in [-0.1, -0.05) is 24.3 Å². The van der Waals surface area contributed by atoms with Gasteiger partial charge in [-0.25, -0.2) is 0 Å². The number of guanidine groups is 1. The molecule has 288 valence electrons. The third kappa shape index (κ3) is 13.1. The van der Waals surface area contributed by atoms with Crippen LogP contribution in [-0.4, -0.2) is 118 Å². The Balaban J connectivity index is 1.86. The Hall–Kier alpha value is -5.75. The summed E-state index contributed by atoms with van der Waals surface area (Å²) in [6.07, 6.45) is 1.47. The summed E-state index contributed by atoms with van der Waals surface area (Å²) in [5.74, 6) is -3.60. The fourth-order valence-corrected chi connectivity index (χ4v) is 5.68. The minimum absolute atomic E-state index is 0.0104. The number of phenolic OH excluding ortho intramolecular Hbond substituents is 2. The number of hydrogen-bond acceptors (Lipinski definition) is 11. The lowest BCUT2D eigenvalue weighted by Gasteiger charge is -2.31. The summed E-state index contributed by atoms with van der Waals surface area (Å²) in [5, 5.41) is 39.2. The zero-order valence-corrected chi connectivity index (χ0v) is 29.4. The minimum Gasteiger partial charge on any atom is -0.508 e. The van der Waals surface area contributed by atoms with Crippen molar-refractivity contribution in [1.29, 1.82) is 0 Å². The number of aromatic hydroxyl groups is 2. The van der Waals surface area contributed by atoms with Gasteiger partial charge in [0.2, 0.25) is 29.5 Å². The van der Waals surface area contributed by atoms with E-state index in [1.54, 1.807) is 24.3 Å². The van der Waals surface area contributed by atoms with Crippen molar-refractivity contribution in [2.75, 3.05) is 19.7 Å². The number of nitrogens with one attached hydrogen (secondary N) is 4. The zero-order valence-electron chi connectivity index (χ0n) is 29.4. The van der Waals surface area contributed by atoms with Crippen LogP contribution in [0.15, 0.2) is 53.5 Å². The van der Waals surface area contributed by atoms with Crippen molar-refractivity contribution in [2.24, 2.45) is 22.2 Å². The maximum Gasteiger partial charge on any atom is 0.245 e. The van der Waals surface area contributed by atoms with Crippen molar-refractivity contribution in [3.05, 3.63) is 59.7 Å². The second-order valence-corrected chi connectivity index (χ2v) is 12.8. The Morgan fingerprint density at radius 1 is 0.849 bits per heavy atom. The number of aliphatic hydroxyl groups excluding tert-OH is 1.